The lowest BCUT2D eigenvalue weighted by Crippen LogP contribution is -2.68. The predicted octanol–water partition coefficient (Wildman–Crippen LogP) is 3.43. The fraction of sp³-hybridized carbons (Fsp3) is 0.909. The fourth-order valence-corrected chi connectivity index (χ4v) is 8.23. The molecule has 3 rings (SSSR count). The van der Waals surface area contributed by atoms with E-state index in [1.165, 1.54) is 0 Å². The van der Waals surface area contributed by atoms with Crippen LogP contribution in [0.3, 0.4) is 0 Å². The highest BCUT2D eigenvalue weighted by Crippen LogP contribution is 2.55. The van der Waals surface area contributed by atoms with E-state index in [0.717, 1.165) is 24.3 Å². The molecule has 4 amide bonds. The Balaban J connectivity index is 2.04. The number of likely N-dealkylation sites (N-methyl/N-ethyl adjacent to an activating group) is 1. The Morgan fingerprint density at radius 1 is 0.765 bits per heavy atom. The summed E-state index contributed by atoms with van der Waals surface area (Å²) in [4.78, 5) is 34.8. The van der Waals surface area contributed by atoms with Crippen LogP contribution in [0.5, 0.6) is 0 Å². The van der Waals surface area contributed by atoms with Crippen molar-refractivity contribution in [1.82, 2.24) is 19.6 Å². The van der Waals surface area contributed by atoms with Gasteiger partial charge in [0.1, 0.15) is 31.1 Å². The van der Waals surface area contributed by atoms with Crippen LogP contribution in [0.2, 0.25) is 0 Å². The fourth-order valence-electron chi connectivity index (χ4n) is 5.72. The van der Waals surface area contributed by atoms with E-state index in [4.69, 9.17) is 18.9 Å². The maximum atomic E-state index is 14.0. The van der Waals surface area contributed by atoms with Crippen molar-refractivity contribution in [1.29, 1.82) is 0 Å². The Hall–Kier alpha value is -0.920. The summed E-state index contributed by atoms with van der Waals surface area (Å²) in [6.07, 6.45) is 2.81. The molecule has 0 bridgehead atoms. The molecule has 0 aromatic heterocycles. The Morgan fingerprint density at radius 3 is 1.68 bits per heavy atom. The summed E-state index contributed by atoms with van der Waals surface area (Å²) in [6, 6.07) is -0.311. The largest absolute Gasteiger partial charge is 0.370 e. The summed E-state index contributed by atoms with van der Waals surface area (Å²) >= 11 is 3.42. The molecule has 0 aliphatic carbocycles. The van der Waals surface area contributed by atoms with Crippen LogP contribution in [0.25, 0.3) is 0 Å². The molecule has 3 heterocycles. The van der Waals surface area contributed by atoms with E-state index in [0.29, 0.717) is 19.4 Å². The van der Waals surface area contributed by atoms with Crippen LogP contribution >= 0.6 is 23.5 Å². The smallest absolute Gasteiger partial charge is 0.327 e. The number of nitrogens with zero attached hydrogens (tertiary/aromatic N) is 4. The van der Waals surface area contributed by atoms with E-state index >= 15 is 0 Å². The molecular weight excluding hydrogens is 480 g/mol. The zero-order chi connectivity index (χ0) is 24.9. The second-order valence-corrected chi connectivity index (χ2v) is 11.0. The number of fused-ring (bicyclic) bond motifs is 1. The molecule has 3 fully saturated rings. The van der Waals surface area contributed by atoms with Gasteiger partial charge in [0, 0.05) is 39.4 Å². The second kappa shape index (κ2) is 11.9. The summed E-state index contributed by atoms with van der Waals surface area (Å²) in [5.41, 5.74) is -1.71. The van der Waals surface area contributed by atoms with Crippen LogP contribution in [0.15, 0.2) is 0 Å². The lowest BCUT2D eigenvalue weighted by atomic mass is 9.84. The highest BCUT2D eigenvalue weighted by molar-refractivity contribution is 8.06. The number of amides is 4. The molecule has 0 aromatic rings. The summed E-state index contributed by atoms with van der Waals surface area (Å²) in [5, 5.41) is 0. The van der Waals surface area contributed by atoms with Crippen LogP contribution in [0, 0.1) is 0 Å². The molecule has 0 saturated carbocycles. The SMILES string of the molecule is CCCC12N(CC)C(=O)N(COC3CSC(OC)CS3)C1(CCC)N(COC)C(=O)N2COC. The Kier molecular flexibility index (Phi) is 9.66. The van der Waals surface area contributed by atoms with E-state index in [1.807, 2.05) is 11.8 Å². The maximum Gasteiger partial charge on any atom is 0.327 e. The zero-order valence-corrected chi connectivity index (χ0v) is 22.9. The molecule has 3 saturated heterocycles. The molecule has 34 heavy (non-hydrogen) atoms. The van der Waals surface area contributed by atoms with Crippen molar-refractivity contribution in [3.8, 4) is 0 Å². The third-order valence-corrected chi connectivity index (χ3v) is 9.69. The van der Waals surface area contributed by atoms with Gasteiger partial charge in [0.05, 0.1) is 0 Å². The number of hydrogen-bond acceptors (Lipinski definition) is 8. The normalized spacial score (nSPS) is 31.7. The maximum absolute atomic E-state index is 14.0. The first-order chi connectivity index (χ1) is 16.4. The first-order valence-electron chi connectivity index (χ1n) is 12.0. The summed E-state index contributed by atoms with van der Waals surface area (Å²) in [7, 11) is 4.87. The first kappa shape index (κ1) is 27.7. The van der Waals surface area contributed by atoms with E-state index in [2.05, 4.69) is 13.8 Å². The third kappa shape index (κ3) is 4.28. The van der Waals surface area contributed by atoms with E-state index in [1.54, 1.807) is 59.6 Å². The molecule has 3 aliphatic rings. The van der Waals surface area contributed by atoms with Crippen LogP contribution in [0.4, 0.5) is 9.59 Å². The van der Waals surface area contributed by atoms with Crippen LogP contribution in [-0.2, 0) is 18.9 Å². The highest BCUT2D eigenvalue weighted by Gasteiger charge is 2.77. The second-order valence-electron chi connectivity index (χ2n) is 8.62. The van der Waals surface area contributed by atoms with Gasteiger partial charge in [-0.3, -0.25) is 19.6 Å². The number of hydrogen-bond donors (Lipinski definition) is 0. The average molecular weight is 521 g/mol. The van der Waals surface area contributed by atoms with Gasteiger partial charge in [-0.05, 0) is 19.8 Å². The molecule has 10 nitrogen and oxygen atoms in total. The standard InChI is InChI=1S/C22H40N4O6S2/c1-7-10-21-22(11-8-2,25(15-30-5)20(28)24(21)14-29-4)26(19(27)23(21)9-3)16-32-18-13-33-17(31-6)12-34-18/h17-18H,7-16H2,1-6H3. The van der Waals surface area contributed by atoms with E-state index < -0.39 is 11.3 Å². The lowest BCUT2D eigenvalue weighted by Gasteiger charge is -2.49. The van der Waals surface area contributed by atoms with Gasteiger partial charge in [0.25, 0.3) is 0 Å². The monoisotopic (exact) mass is 520 g/mol. The molecule has 0 aromatic carbocycles. The topological polar surface area (TPSA) is 84.0 Å². The number of carbonyl (C=O) groups is 2. The zero-order valence-electron chi connectivity index (χ0n) is 21.3. The van der Waals surface area contributed by atoms with Gasteiger partial charge in [-0.25, -0.2) is 9.59 Å². The number of ether oxygens (including phenoxy) is 4. The number of methoxy groups -OCH3 is 3. The van der Waals surface area contributed by atoms with Crippen molar-refractivity contribution in [3.63, 3.8) is 0 Å². The van der Waals surface area contributed by atoms with Crippen molar-refractivity contribution in [2.45, 2.75) is 68.7 Å². The molecule has 196 valence electrons. The molecule has 0 radical (unpaired) electrons. The first-order valence-corrected chi connectivity index (χ1v) is 14.1. The average Bonchev–Trinajstić information content (AvgIpc) is 3.14. The summed E-state index contributed by atoms with van der Waals surface area (Å²) in [6.45, 7) is 6.87. The van der Waals surface area contributed by atoms with Crippen LogP contribution in [0.1, 0.15) is 46.5 Å². The van der Waals surface area contributed by atoms with Gasteiger partial charge in [-0.15, -0.1) is 23.5 Å². The number of rotatable bonds is 13. The lowest BCUT2D eigenvalue weighted by molar-refractivity contribution is -0.132. The minimum atomic E-state index is -0.933. The van der Waals surface area contributed by atoms with Gasteiger partial charge in [0.2, 0.25) is 0 Å². The molecule has 0 spiro atoms. The summed E-state index contributed by atoms with van der Waals surface area (Å²) < 4.78 is 22.8. The van der Waals surface area contributed by atoms with Crippen molar-refractivity contribution >= 4 is 35.6 Å². The molecular formula is C22H40N4O6S2. The molecule has 12 heteroatoms. The number of thioether (sulfide) groups is 2. The van der Waals surface area contributed by atoms with Crippen LogP contribution < -0.4 is 0 Å². The minimum absolute atomic E-state index is 0.0535. The van der Waals surface area contributed by atoms with Gasteiger partial charge >= 0.3 is 12.1 Å². The van der Waals surface area contributed by atoms with Crippen LogP contribution in [-0.4, -0.2) is 113 Å². The van der Waals surface area contributed by atoms with Gasteiger partial charge in [-0.1, -0.05) is 26.7 Å². The molecule has 0 N–H and O–H groups in total. The molecule has 3 aliphatic heterocycles. The molecule has 4 unspecified atom stereocenters. The minimum Gasteiger partial charge on any atom is -0.370 e. The number of carbonyl (C=O) groups excluding carboxylic acids is 2. The van der Waals surface area contributed by atoms with Crippen molar-refractivity contribution < 1.29 is 28.5 Å². The Bertz CT molecular complexity index is 713. The Morgan fingerprint density at radius 2 is 1.24 bits per heavy atom. The number of urea groups is 2. The quantitative estimate of drug-likeness (QED) is 0.365. The van der Waals surface area contributed by atoms with Crippen molar-refractivity contribution in [2.75, 3.05) is 59.6 Å². The van der Waals surface area contributed by atoms with Crippen molar-refractivity contribution in [3.05, 3.63) is 0 Å². The third-order valence-electron chi connectivity index (χ3n) is 6.87. The summed E-state index contributed by atoms with van der Waals surface area (Å²) in [5.74, 6) is 1.61. The van der Waals surface area contributed by atoms with E-state index in [-0.39, 0.29) is 43.1 Å². The van der Waals surface area contributed by atoms with Gasteiger partial charge < -0.3 is 18.9 Å². The molecule has 4 atom stereocenters. The van der Waals surface area contributed by atoms with E-state index in [9.17, 15) is 9.59 Å². The van der Waals surface area contributed by atoms with Crippen molar-refractivity contribution in [2.24, 2.45) is 0 Å². The highest BCUT2D eigenvalue weighted by atomic mass is 32.2. The Labute approximate surface area is 211 Å². The van der Waals surface area contributed by atoms with Gasteiger partial charge in [0.15, 0.2) is 11.3 Å². The predicted molar refractivity (Wildman–Crippen MR) is 133 cm³/mol. The van der Waals surface area contributed by atoms with Gasteiger partial charge in [-0.2, -0.15) is 0 Å².